The predicted molar refractivity (Wildman–Crippen MR) is 67.6 cm³/mol. The summed E-state index contributed by atoms with van der Waals surface area (Å²) in [5, 5.41) is 8.65. The zero-order chi connectivity index (χ0) is 12.3. The van der Waals surface area contributed by atoms with Crippen molar-refractivity contribution in [2.24, 2.45) is 0 Å². The molecule has 0 aromatic heterocycles. The largest absolute Gasteiger partial charge is 0.478 e. The second kappa shape index (κ2) is 5.15. The van der Waals surface area contributed by atoms with Gasteiger partial charge in [-0.15, -0.1) is 0 Å². The molecule has 0 aliphatic heterocycles. The molecule has 0 atom stereocenters. The van der Waals surface area contributed by atoms with Gasteiger partial charge in [-0.05, 0) is 37.1 Å². The number of carboxylic acids is 1. The van der Waals surface area contributed by atoms with E-state index in [1.165, 1.54) is 24.5 Å². The molecule has 0 heterocycles. The lowest BCUT2D eigenvalue weighted by Crippen LogP contribution is -2.20. The summed E-state index contributed by atoms with van der Waals surface area (Å²) in [6, 6.07) is 8.65. The van der Waals surface area contributed by atoms with Crippen molar-refractivity contribution in [1.82, 2.24) is 4.90 Å². The van der Waals surface area contributed by atoms with Crippen LogP contribution < -0.4 is 0 Å². The van der Waals surface area contributed by atoms with Crippen molar-refractivity contribution in [2.75, 3.05) is 7.05 Å². The van der Waals surface area contributed by atoms with Crippen molar-refractivity contribution in [1.29, 1.82) is 0 Å². The highest BCUT2D eigenvalue weighted by molar-refractivity contribution is 5.85. The first-order valence-corrected chi connectivity index (χ1v) is 5.86. The second-order valence-electron chi connectivity index (χ2n) is 4.52. The third kappa shape index (κ3) is 3.43. The minimum atomic E-state index is -0.907. The lowest BCUT2D eigenvalue weighted by molar-refractivity contribution is -0.131. The Balaban J connectivity index is 2.11. The third-order valence-corrected chi connectivity index (χ3v) is 3.05. The van der Waals surface area contributed by atoms with E-state index >= 15 is 0 Å². The van der Waals surface area contributed by atoms with E-state index < -0.39 is 5.97 Å². The first-order valence-electron chi connectivity index (χ1n) is 5.86. The van der Waals surface area contributed by atoms with E-state index in [1.54, 1.807) is 6.08 Å². The molecule has 2 rings (SSSR count). The minimum Gasteiger partial charge on any atom is -0.478 e. The molecule has 1 fully saturated rings. The summed E-state index contributed by atoms with van der Waals surface area (Å²) >= 11 is 0. The van der Waals surface area contributed by atoms with Crippen LogP contribution in [0.25, 0.3) is 6.08 Å². The first-order chi connectivity index (χ1) is 8.16. The Bertz CT molecular complexity index is 436. The lowest BCUT2D eigenvalue weighted by Gasteiger charge is -2.17. The van der Waals surface area contributed by atoms with E-state index in [9.17, 15) is 4.79 Å². The Morgan fingerprint density at radius 2 is 2.18 bits per heavy atom. The van der Waals surface area contributed by atoms with Gasteiger partial charge in [-0.1, -0.05) is 24.3 Å². The predicted octanol–water partition coefficient (Wildman–Crippen LogP) is 2.38. The van der Waals surface area contributed by atoms with Gasteiger partial charge in [-0.25, -0.2) is 4.79 Å². The number of benzene rings is 1. The van der Waals surface area contributed by atoms with Crippen LogP contribution in [0.5, 0.6) is 0 Å². The summed E-state index contributed by atoms with van der Waals surface area (Å²) in [5.41, 5.74) is 2.17. The summed E-state index contributed by atoms with van der Waals surface area (Å²) in [6.07, 6.45) is 5.42. The maximum absolute atomic E-state index is 10.5. The third-order valence-electron chi connectivity index (χ3n) is 3.05. The van der Waals surface area contributed by atoms with Crippen molar-refractivity contribution >= 4 is 12.0 Å². The quantitative estimate of drug-likeness (QED) is 0.791. The lowest BCUT2D eigenvalue weighted by atomic mass is 10.1. The number of aliphatic carboxylic acids is 1. The van der Waals surface area contributed by atoms with Gasteiger partial charge in [-0.3, -0.25) is 4.90 Å². The highest BCUT2D eigenvalue weighted by Gasteiger charge is 2.26. The molecular weight excluding hydrogens is 214 g/mol. The normalized spacial score (nSPS) is 15.6. The molecule has 0 bridgehead atoms. The molecule has 1 aromatic rings. The molecule has 3 heteroatoms. The van der Waals surface area contributed by atoms with Crippen molar-refractivity contribution < 1.29 is 9.90 Å². The van der Waals surface area contributed by atoms with Crippen LogP contribution in [0.3, 0.4) is 0 Å². The van der Waals surface area contributed by atoms with Crippen LogP contribution in [0.15, 0.2) is 30.3 Å². The average Bonchev–Trinajstić information content (AvgIpc) is 3.11. The number of rotatable bonds is 5. The standard InChI is InChI=1S/C14H17NO2/c1-15(13-7-8-13)10-12-5-3-2-4-11(12)6-9-14(16)17/h2-6,9,13H,7-8,10H2,1H3,(H,16,17). The van der Waals surface area contributed by atoms with Crippen LogP contribution in [-0.2, 0) is 11.3 Å². The van der Waals surface area contributed by atoms with Gasteiger partial charge in [0.1, 0.15) is 0 Å². The van der Waals surface area contributed by atoms with Gasteiger partial charge in [0.05, 0.1) is 0 Å². The summed E-state index contributed by atoms with van der Waals surface area (Å²) < 4.78 is 0. The van der Waals surface area contributed by atoms with Crippen LogP contribution in [0, 0.1) is 0 Å². The molecule has 0 unspecified atom stereocenters. The van der Waals surface area contributed by atoms with E-state index in [1.807, 2.05) is 18.2 Å². The first kappa shape index (κ1) is 11.9. The molecule has 0 radical (unpaired) electrons. The Labute approximate surface area is 101 Å². The SMILES string of the molecule is CN(Cc1ccccc1C=CC(=O)O)C1CC1. The van der Waals surface area contributed by atoms with E-state index in [0.29, 0.717) is 6.04 Å². The van der Waals surface area contributed by atoms with Gasteiger partial charge in [0.25, 0.3) is 0 Å². The van der Waals surface area contributed by atoms with Gasteiger partial charge in [0, 0.05) is 18.7 Å². The number of hydrogen-bond donors (Lipinski definition) is 1. The number of carbonyl (C=O) groups is 1. The van der Waals surface area contributed by atoms with Gasteiger partial charge < -0.3 is 5.11 Å². The number of hydrogen-bond acceptors (Lipinski definition) is 2. The summed E-state index contributed by atoms with van der Waals surface area (Å²) in [6.45, 7) is 0.880. The smallest absolute Gasteiger partial charge is 0.328 e. The van der Waals surface area contributed by atoms with Crippen molar-refractivity contribution in [3.05, 3.63) is 41.5 Å². The Kier molecular flexibility index (Phi) is 3.59. The van der Waals surface area contributed by atoms with E-state index in [-0.39, 0.29) is 0 Å². The van der Waals surface area contributed by atoms with E-state index in [0.717, 1.165) is 12.1 Å². The molecule has 1 aliphatic carbocycles. The molecule has 1 aromatic carbocycles. The van der Waals surface area contributed by atoms with Crippen LogP contribution in [0.1, 0.15) is 24.0 Å². The summed E-state index contributed by atoms with van der Waals surface area (Å²) in [4.78, 5) is 12.9. The van der Waals surface area contributed by atoms with Gasteiger partial charge >= 0.3 is 5.97 Å². The molecule has 0 saturated heterocycles. The second-order valence-corrected chi connectivity index (χ2v) is 4.52. The highest BCUT2D eigenvalue weighted by Crippen LogP contribution is 2.27. The molecule has 90 valence electrons. The van der Waals surface area contributed by atoms with Gasteiger partial charge in [-0.2, -0.15) is 0 Å². The fourth-order valence-electron chi connectivity index (χ4n) is 1.91. The van der Waals surface area contributed by atoms with Crippen molar-refractivity contribution in [3.8, 4) is 0 Å². The van der Waals surface area contributed by atoms with Crippen LogP contribution in [0.4, 0.5) is 0 Å². The molecular formula is C14H17NO2. The Morgan fingerprint density at radius 3 is 2.82 bits per heavy atom. The van der Waals surface area contributed by atoms with Crippen LogP contribution >= 0.6 is 0 Å². The maximum Gasteiger partial charge on any atom is 0.328 e. The van der Waals surface area contributed by atoms with Crippen LogP contribution in [-0.4, -0.2) is 29.1 Å². The molecule has 1 N–H and O–H groups in total. The monoisotopic (exact) mass is 231 g/mol. The fourth-order valence-corrected chi connectivity index (χ4v) is 1.91. The summed E-state index contributed by atoms with van der Waals surface area (Å²) in [5.74, 6) is -0.907. The molecule has 1 aliphatic rings. The molecule has 1 saturated carbocycles. The van der Waals surface area contributed by atoms with E-state index in [2.05, 4.69) is 18.0 Å². The summed E-state index contributed by atoms with van der Waals surface area (Å²) in [7, 11) is 2.12. The molecule has 0 amide bonds. The topological polar surface area (TPSA) is 40.5 Å². The van der Waals surface area contributed by atoms with Crippen molar-refractivity contribution in [2.45, 2.75) is 25.4 Å². The van der Waals surface area contributed by atoms with Gasteiger partial charge in [0.15, 0.2) is 0 Å². The fraction of sp³-hybridized carbons (Fsp3) is 0.357. The van der Waals surface area contributed by atoms with Gasteiger partial charge in [0.2, 0.25) is 0 Å². The van der Waals surface area contributed by atoms with Crippen molar-refractivity contribution in [3.63, 3.8) is 0 Å². The minimum absolute atomic E-state index is 0.714. The maximum atomic E-state index is 10.5. The zero-order valence-corrected chi connectivity index (χ0v) is 9.97. The molecule has 17 heavy (non-hydrogen) atoms. The van der Waals surface area contributed by atoms with E-state index in [4.69, 9.17) is 5.11 Å². The Hall–Kier alpha value is -1.61. The Morgan fingerprint density at radius 1 is 1.47 bits per heavy atom. The van der Waals surface area contributed by atoms with Crippen LogP contribution in [0.2, 0.25) is 0 Å². The number of carboxylic acid groups (broad SMARTS) is 1. The molecule has 3 nitrogen and oxygen atoms in total. The average molecular weight is 231 g/mol. The highest BCUT2D eigenvalue weighted by atomic mass is 16.4. The molecule has 0 spiro atoms. The zero-order valence-electron chi connectivity index (χ0n) is 9.97. The number of nitrogens with zero attached hydrogens (tertiary/aromatic N) is 1.